The fourth-order valence-corrected chi connectivity index (χ4v) is 5.01. The smallest absolute Gasteiger partial charge is 0.411 e. The van der Waals surface area contributed by atoms with E-state index in [2.05, 4.69) is 84.4 Å². The first-order valence-corrected chi connectivity index (χ1v) is 12.4. The molecule has 1 heterocycles. The van der Waals surface area contributed by atoms with Crippen molar-refractivity contribution in [3.63, 3.8) is 0 Å². The van der Waals surface area contributed by atoms with Gasteiger partial charge in [-0.2, -0.15) is 0 Å². The second-order valence-electron chi connectivity index (χ2n) is 9.03. The number of hydrogen-bond donors (Lipinski definition) is 0. The summed E-state index contributed by atoms with van der Waals surface area (Å²) in [5.74, 6) is 0.522. The molecule has 32 heavy (non-hydrogen) atoms. The minimum Gasteiger partial charge on any atom is -0.437 e. The zero-order chi connectivity index (χ0) is 22.6. The van der Waals surface area contributed by atoms with Crippen LogP contribution in [0.5, 0.6) is 0 Å². The monoisotopic (exact) mass is 493 g/mol. The van der Waals surface area contributed by atoms with Crippen LogP contribution in [-0.4, -0.2) is 17.5 Å². The number of benzene rings is 2. The van der Waals surface area contributed by atoms with Gasteiger partial charge in [0.2, 0.25) is 0 Å². The number of carbonyl (C=O) groups excluding carboxylic acids is 1. The van der Waals surface area contributed by atoms with E-state index in [0.29, 0.717) is 18.9 Å². The Morgan fingerprint density at radius 2 is 1.91 bits per heavy atom. The third-order valence-electron chi connectivity index (χ3n) is 6.51. The molecule has 0 aromatic heterocycles. The van der Waals surface area contributed by atoms with Gasteiger partial charge in [0, 0.05) is 23.9 Å². The van der Waals surface area contributed by atoms with Crippen LogP contribution in [0.4, 0.5) is 4.79 Å². The van der Waals surface area contributed by atoms with E-state index in [1.165, 1.54) is 24.0 Å². The summed E-state index contributed by atoms with van der Waals surface area (Å²) in [4.78, 5) is 15.5. The summed E-state index contributed by atoms with van der Waals surface area (Å²) >= 11 is 3.53. The summed E-state index contributed by atoms with van der Waals surface area (Å²) < 4.78 is 7.42. The van der Waals surface area contributed by atoms with E-state index in [0.717, 1.165) is 22.9 Å². The Morgan fingerprint density at radius 1 is 1.19 bits per heavy atom. The predicted octanol–water partition coefficient (Wildman–Crippen LogP) is 7.94. The lowest BCUT2D eigenvalue weighted by molar-refractivity contribution is -0.0637. The van der Waals surface area contributed by atoms with Gasteiger partial charge in [-0.05, 0) is 55.4 Å². The van der Waals surface area contributed by atoms with Crippen LogP contribution < -0.4 is 0 Å². The number of hydrogen-bond acceptors (Lipinski definition) is 2. The van der Waals surface area contributed by atoms with Crippen LogP contribution in [0.3, 0.4) is 0 Å². The Labute approximate surface area is 200 Å². The van der Waals surface area contributed by atoms with E-state index in [1.54, 1.807) is 0 Å². The first-order valence-electron chi connectivity index (χ1n) is 11.7. The van der Waals surface area contributed by atoms with Crippen molar-refractivity contribution in [2.45, 2.75) is 57.6 Å². The number of nitrogens with zero attached hydrogens (tertiary/aromatic N) is 1. The number of cyclic esters (lactones) is 1. The van der Waals surface area contributed by atoms with Crippen LogP contribution in [0.2, 0.25) is 0 Å². The second-order valence-corrected chi connectivity index (χ2v) is 9.95. The van der Waals surface area contributed by atoms with Crippen molar-refractivity contribution in [1.82, 2.24) is 4.90 Å². The lowest BCUT2D eigenvalue weighted by atomic mass is 9.82. The largest absolute Gasteiger partial charge is 0.437 e. The molecular weight excluding hydrogens is 462 g/mol. The fourth-order valence-electron chi connectivity index (χ4n) is 4.75. The van der Waals surface area contributed by atoms with Gasteiger partial charge in [-0.3, -0.25) is 0 Å². The van der Waals surface area contributed by atoms with E-state index < -0.39 is 5.60 Å². The molecule has 1 saturated heterocycles. The molecule has 0 bridgehead atoms. The third kappa shape index (κ3) is 5.17. The quantitative estimate of drug-likeness (QED) is 0.349. The molecule has 2 unspecified atom stereocenters. The lowest BCUT2D eigenvalue weighted by Crippen LogP contribution is -2.49. The molecule has 1 amide bonds. The van der Waals surface area contributed by atoms with Crippen LogP contribution in [0.1, 0.15) is 63.1 Å². The molecule has 2 aromatic carbocycles. The highest BCUT2D eigenvalue weighted by Crippen LogP contribution is 2.48. The Bertz CT molecular complexity index is 978. The maximum absolute atomic E-state index is 13.5. The van der Waals surface area contributed by atoms with Gasteiger partial charge in [-0.1, -0.05) is 89.1 Å². The molecule has 168 valence electrons. The first kappa shape index (κ1) is 22.8. The van der Waals surface area contributed by atoms with Crippen molar-refractivity contribution in [2.24, 2.45) is 5.92 Å². The van der Waals surface area contributed by atoms with Crippen LogP contribution in [0, 0.1) is 5.92 Å². The Balaban J connectivity index is 1.60. The van der Waals surface area contributed by atoms with Gasteiger partial charge < -0.3 is 9.64 Å². The minimum atomic E-state index is -0.622. The molecule has 1 saturated carbocycles. The van der Waals surface area contributed by atoms with Crippen LogP contribution >= 0.6 is 15.9 Å². The molecule has 1 aliphatic heterocycles. The number of ether oxygens (including phenoxy) is 1. The summed E-state index contributed by atoms with van der Waals surface area (Å²) in [5.41, 5.74) is 2.86. The zero-order valence-electron chi connectivity index (χ0n) is 19.0. The van der Waals surface area contributed by atoms with Gasteiger partial charge in [-0.15, -0.1) is 0 Å². The maximum Gasteiger partial charge on any atom is 0.411 e. The number of allylic oxidation sites excluding steroid dienone is 3. The average Bonchev–Trinajstić information content (AvgIpc) is 3.63. The lowest BCUT2D eigenvalue weighted by Gasteiger charge is -2.44. The third-order valence-corrected chi connectivity index (χ3v) is 7.04. The van der Waals surface area contributed by atoms with Crippen molar-refractivity contribution in [1.29, 1.82) is 0 Å². The highest BCUT2D eigenvalue weighted by atomic mass is 79.9. The van der Waals surface area contributed by atoms with Gasteiger partial charge >= 0.3 is 6.09 Å². The van der Waals surface area contributed by atoms with E-state index in [4.69, 9.17) is 4.74 Å². The standard InChI is InChI=1S/C28H32BrNO2/c1-3-4-6-9-21(2)20-28(24-10-7-5-8-11-24)18-19-30(27(31)32-28)26(22-12-13-22)23-14-16-25(29)17-15-23/h4-11,14-17,22,26H,3,12-13,18-20H2,1-2H3. The normalized spacial score (nSPS) is 22.8. The highest BCUT2D eigenvalue weighted by Gasteiger charge is 2.47. The molecule has 3 nitrogen and oxygen atoms in total. The summed E-state index contributed by atoms with van der Waals surface area (Å²) in [6, 6.07) is 18.7. The number of amides is 1. The van der Waals surface area contributed by atoms with Gasteiger partial charge in [0.1, 0.15) is 5.60 Å². The first-order chi connectivity index (χ1) is 15.5. The Morgan fingerprint density at radius 3 is 2.53 bits per heavy atom. The van der Waals surface area contributed by atoms with Crippen molar-refractivity contribution in [3.8, 4) is 0 Å². The molecular formula is C28H32BrNO2. The molecule has 2 aliphatic rings. The van der Waals surface area contributed by atoms with Crippen LogP contribution in [0.25, 0.3) is 0 Å². The summed E-state index contributed by atoms with van der Waals surface area (Å²) in [6.07, 6.45) is 11.0. The second kappa shape index (κ2) is 10.1. The Kier molecular flexibility index (Phi) is 7.20. The molecule has 4 rings (SSSR count). The number of halogens is 1. The highest BCUT2D eigenvalue weighted by molar-refractivity contribution is 9.10. The maximum atomic E-state index is 13.5. The van der Waals surface area contributed by atoms with Crippen LogP contribution in [0.15, 0.2) is 82.9 Å². The van der Waals surface area contributed by atoms with E-state index in [-0.39, 0.29) is 12.1 Å². The van der Waals surface area contributed by atoms with Crippen molar-refractivity contribution >= 4 is 22.0 Å². The molecule has 4 heteroatoms. The molecule has 0 spiro atoms. The van der Waals surface area contributed by atoms with Gasteiger partial charge in [0.15, 0.2) is 0 Å². The van der Waals surface area contributed by atoms with Crippen LogP contribution in [-0.2, 0) is 10.3 Å². The molecule has 1 aliphatic carbocycles. The van der Waals surface area contributed by atoms with E-state index >= 15 is 0 Å². The van der Waals surface area contributed by atoms with Crippen molar-refractivity contribution < 1.29 is 9.53 Å². The fraction of sp³-hybridized carbons (Fsp3) is 0.393. The van der Waals surface area contributed by atoms with Gasteiger partial charge in [0.25, 0.3) is 0 Å². The van der Waals surface area contributed by atoms with Gasteiger partial charge in [-0.25, -0.2) is 4.79 Å². The van der Waals surface area contributed by atoms with E-state index in [1.807, 2.05) is 23.1 Å². The molecule has 2 fully saturated rings. The summed E-state index contributed by atoms with van der Waals surface area (Å²) in [6.45, 7) is 4.95. The average molecular weight is 494 g/mol. The Hall–Kier alpha value is -2.33. The molecule has 2 atom stereocenters. The SMILES string of the molecule is CCC=CC=C(C)CC1(c2ccccc2)CCN(C(c2ccc(Br)cc2)C2CC2)C(=O)O1. The molecule has 0 radical (unpaired) electrons. The van der Waals surface area contributed by atoms with E-state index in [9.17, 15) is 4.79 Å². The number of rotatable bonds is 8. The minimum absolute atomic E-state index is 0.0912. The summed E-state index contributed by atoms with van der Waals surface area (Å²) in [5, 5.41) is 0. The van der Waals surface area contributed by atoms with Crippen molar-refractivity contribution in [3.05, 3.63) is 94.0 Å². The predicted molar refractivity (Wildman–Crippen MR) is 133 cm³/mol. The van der Waals surface area contributed by atoms with Crippen molar-refractivity contribution in [2.75, 3.05) is 6.54 Å². The van der Waals surface area contributed by atoms with Gasteiger partial charge in [0.05, 0.1) is 6.04 Å². The molecule has 0 N–H and O–H groups in total. The zero-order valence-corrected chi connectivity index (χ0v) is 20.6. The summed E-state index contributed by atoms with van der Waals surface area (Å²) in [7, 11) is 0. The number of carbonyl (C=O) groups is 1. The molecule has 2 aromatic rings. The topological polar surface area (TPSA) is 29.5 Å².